The second-order valence-electron chi connectivity index (χ2n) is 4.27. The van der Waals surface area contributed by atoms with Gasteiger partial charge in [-0.05, 0) is 11.6 Å². The van der Waals surface area contributed by atoms with E-state index in [1.165, 1.54) is 0 Å². The zero-order valence-corrected chi connectivity index (χ0v) is 12.3. The van der Waals surface area contributed by atoms with Crippen molar-refractivity contribution < 1.29 is 14.2 Å². The Morgan fingerprint density at radius 3 is 2.35 bits per heavy atom. The van der Waals surface area contributed by atoms with E-state index in [1.54, 1.807) is 26.4 Å². The molecule has 0 fully saturated rings. The number of hydrogen-bond donors (Lipinski definition) is 0. The van der Waals surface area contributed by atoms with Crippen LogP contribution in [0.15, 0.2) is 42.5 Å². The van der Waals surface area contributed by atoms with Gasteiger partial charge in [0, 0.05) is 11.6 Å². The summed E-state index contributed by atoms with van der Waals surface area (Å²) in [5, 5.41) is 0.578. The van der Waals surface area contributed by atoms with Crippen LogP contribution < -0.4 is 9.47 Å². The summed E-state index contributed by atoms with van der Waals surface area (Å²) in [5.41, 5.74) is 1.95. The number of methoxy groups -OCH3 is 2. The van der Waals surface area contributed by atoms with Crippen LogP contribution in [-0.2, 0) is 18.0 Å². The van der Waals surface area contributed by atoms with Crippen LogP contribution in [0, 0.1) is 0 Å². The van der Waals surface area contributed by atoms with E-state index in [4.69, 9.17) is 25.8 Å². The fraction of sp³-hybridized carbons (Fsp3) is 0.250. The quantitative estimate of drug-likeness (QED) is 0.803. The maximum atomic E-state index is 6.23. The van der Waals surface area contributed by atoms with Gasteiger partial charge in [-0.3, -0.25) is 0 Å². The molecule has 0 radical (unpaired) electrons. The van der Waals surface area contributed by atoms with Gasteiger partial charge in [0.05, 0.1) is 32.5 Å². The highest BCUT2D eigenvalue weighted by Gasteiger charge is 2.11. The predicted molar refractivity (Wildman–Crippen MR) is 79.5 cm³/mol. The lowest BCUT2D eigenvalue weighted by molar-refractivity contribution is 0.105. The van der Waals surface area contributed by atoms with E-state index in [0.29, 0.717) is 29.7 Å². The van der Waals surface area contributed by atoms with Crippen molar-refractivity contribution >= 4 is 11.6 Å². The van der Waals surface area contributed by atoms with Crippen LogP contribution in [0.3, 0.4) is 0 Å². The molecule has 0 amide bonds. The second kappa shape index (κ2) is 7.17. The third-order valence-electron chi connectivity index (χ3n) is 2.94. The van der Waals surface area contributed by atoms with E-state index in [1.807, 2.05) is 30.3 Å². The average molecular weight is 293 g/mol. The van der Waals surface area contributed by atoms with Crippen molar-refractivity contribution in [3.05, 3.63) is 58.6 Å². The van der Waals surface area contributed by atoms with Gasteiger partial charge in [-0.2, -0.15) is 0 Å². The van der Waals surface area contributed by atoms with Gasteiger partial charge in [0.2, 0.25) is 0 Å². The molecule has 3 nitrogen and oxygen atoms in total. The molecule has 0 spiro atoms. The summed E-state index contributed by atoms with van der Waals surface area (Å²) in [6.07, 6.45) is 0. The lowest BCUT2D eigenvalue weighted by Gasteiger charge is -2.13. The highest BCUT2D eigenvalue weighted by atomic mass is 35.5. The van der Waals surface area contributed by atoms with Crippen LogP contribution in [0.5, 0.6) is 11.5 Å². The first kappa shape index (κ1) is 14.7. The van der Waals surface area contributed by atoms with Crippen LogP contribution in [0.4, 0.5) is 0 Å². The third-order valence-corrected chi connectivity index (χ3v) is 3.28. The zero-order chi connectivity index (χ0) is 14.4. The molecular formula is C16H17ClO3. The Hall–Kier alpha value is -1.71. The Morgan fingerprint density at radius 1 is 0.950 bits per heavy atom. The molecule has 4 heteroatoms. The monoisotopic (exact) mass is 292 g/mol. The minimum absolute atomic E-state index is 0.390. The lowest BCUT2D eigenvalue weighted by Crippen LogP contribution is -1.99. The Morgan fingerprint density at radius 2 is 1.70 bits per heavy atom. The zero-order valence-electron chi connectivity index (χ0n) is 11.6. The molecule has 0 N–H and O–H groups in total. The van der Waals surface area contributed by atoms with Crippen LogP contribution >= 0.6 is 11.6 Å². The van der Waals surface area contributed by atoms with Crippen LogP contribution in [0.25, 0.3) is 0 Å². The molecule has 0 bridgehead atoms. The molecule has 0 aliphatic carbocycles. The summed E-state index contributed by atoms with van der Waals surface area (Å²) in [6.45, 7) is 0.924. The largest absolute Gasteiger partial charge is 0.497 e. The molecule has 0 atom stereocenters. The van der Waals surface area contributed by atoms with E-state index in [2.05, 4.69) is 0 Å². The topological polar surface area (TPSA) is 27.7 Å². The SMILES string of the molecule is COc1cc(Cl)c(COCc2ccccc2)c(OC)c1. The van der Waals surface area contributed by atoms with Gasteiger partial charge in [-0.25, -0.2) is 0 Å². The summed E-state index contributed by atoms with van der Waals surface area (Å²) < 4.78 is 16.2. The van der Waals surface area contributed by atoms with Gasteiger partial charge in [0.25, 0.3) is 0 Å². The van der Waals surface area contributed by atoms with Gasteiger partial charge >= 0.3 is 0 Å². The average Bonchev–Trinajstić information content (AvgIpc) is 2.49. The van der Waals surface area contributed by atoms with E-state index in [9.17, 15) is 0 Å². The molecular weight excluding hydrogens is 276 g/mol. The molecule has 0 heterocycles. The Balaban J connectivity index is 2.05. The first-order valence-corrected chi connectivity index (χ1v) is 6.64. The predicted octanol–water partition coefficient (Wildman–Crippen LogP) is 4.07. The molecule has 106 valence electrons. The Kier molecular flexibility index (Phi) is 5.27. The van der Waals surface area contributed by atoms with Gasteiger partial charge in [0.1, 0.15) is 11.5 Å². The standard InChI is InChI=1S/C16H17ClO3/c1-18-13-8-15(17)14(16(9-13)19-2)11-20-10-12-6-4-3-5-7-12/h3-9H,10-11H2,1-2H3. The fourth-order valence-electron chi connectivity index (χ4n) is 1.87. The number of hydrogen-bond acceptors (Lipinski definition) is 3. The van der Waals surface area contributed by atoms with E-state index < -0.39 is 0 Å². The first-order valence-electron chi connectivity index (χ1n) is 6.26. The maximum Gasteiger partial charge on any atom is 0.129 e. The fourth-order valence-corrected chi connectivity index (χ4v) is 2.13. The van der Waals surface area contributed by atoms with Crippen molar-refractivity contribution in [3.8, 4) is 11.5 Å². The molecule has 0 saturated heterocycles. The molecule has 0 aromatic heterocycles. The van der Waals surface area contributed by atoms with Crippen LogP contribution in [-0.4, -0.2) is 14.2 Å². The molecule has 0 aliphatic heterocycles. The normalized spacial score (nSPS) is 10.3. The van der Waals surface area contributed by atoms with Crippen molar-refractivity contribution in [1.82, 2.24) is 0 Å². The van der Waals surface area contributed by atoms with Crippen molar-refractivity contribution in [1.29, 1.82) is 0 Å². The summed E-state index contributed by atoms with van der Waals surface area (Å²) >= 11 is 6.23. The molecule has 20 heavy (non-hydrogen) atoms. The molecule has 2 aromatic rings. The maximum absolute atomic E-state index is 6.23. The van der Waals surface area contributed by atoms with Gasteiger partial charge in [-0.15, -0.1) is 0 Å². The van der Waals surface area contributed by atoms with Crippen molar-refractivity contribution in [2.45, 2.75) is 13.2 Å². The van der Waals surface area contributed by atoms with Crippen molar-refractivity contribution in [2.75, 3.05) is 14.2 Å². The van der Waals surface area contributed by atoms with Crippen molar-refractivity contribution in [3.63, 3.8) is 0 Å². The molecule has 2 rings (SSSR count). The van der Waals surface area contributed by atoms with Crippen LogP contribution in [0.2, 0.25) is 5.02 Å². The second-order valence-corrected chi connectivity index (χ2v) is 4.68. The number of halogens is 1. The number of ether oxygens (including phenoxy) is 3. The molecule has 0 unspecified atom stereocenters. The van der Waals surface area contributed by atoms with Crippen LogP contribution in [0.1, 0.15) is 11.1 Å². The van der Waals surface area contributed by atoms with E-state index in [0.717, 1.165) is 11.1 Å². The van der Waals surface area contributed by atoms with Gasteiger partial charge in [0.15, 0.2) is 0 Å². The summed E-state index contributed by atoms with van der Waals surface area (Å²) in [5.74, 6) is 1.33. The van der Waals surface area contributed by atoms with Gasteiger partial charge in [-0.1, -0.05) is 41.9 Å². The Labute approximate surface area is 124 Å². The van der Waals surface area contributed by atoms with Gasteiger partial charge < -0.3 is 14.2 Å². The minimum Gasteiger partial charge on any atom is -0.497 e. The minimum atomic E-state index is 0.390. The molecule has 0 aliphatic rings. The highest BCUT2D eigenvalue weighted by molar-refractivity contribution is 6.31. The first-order chi connectivity index (χ1) is 9.74. The van der Waals surface area contributed by atoms with E-state index >= 15 is 0 Å². The third kappa shape index (κ3) is 3.65. The molecule has 0 saturated carbocycles. The summed E-state index contributed by atoms with van der Waals surface area (Å²) in [4.78, 5) is 0. The summed E-state index contributed by atoms with van der Waals surface area (Å²) in [7, 11) is 3.20. The smallest absolute Gasteiger partial charge is 0.129 e. The highest BCUT2D eigenvalue weighted by Crippen LogP contribution is 2.32. The summed E-state index contributed by atoms with van der Waals surface area (Å²) in [6, 6.07) is 13.5. The Bertz CT molecular complexity index is 555. The lowest BCUT2D eigenvalue weighted by atomic mass is 10.2. The van der Waals surface area contributed by atoms with E-state index in [-0.39, 0.29) is 0 Å². The number of rotatable bonds is 6. The van der Waals surface area contributed by atoms with Crippen molar-refractivity contribution in [2.24, 2.45) is 0 Å². The molecule has 2 aromatic carbocycles. The number of benzene rings is 2.